The van der Waals surface area contributed by atoms with Crippen LogP contribution in [0.1, 0.15) is 17.5 Å². The highest BCUT2D eigenvalue weighted by Crippen LogP contribution is 2.21. The summed E-state index contributed by atoms with van der Waals surface area (Å²) in [5.74, 6) is -0.258. The maximum Gasteiger partial charge on any atom is 0.229 e. The third kappa shape index (κ3) is 2.85. The third-order valence-electron chi connectivity index (χ3n) is 3.20. The molecule has 6 nitrogen and oxygen atoms in total. The first-order valence-electron chi connectivity index (χ1n) is 6.09. The Balaban J connectivity index is 2.24. The van der Waals surface area contributed by atoms with Crippen molar-refractivity contribution in [3.8, 4) is 0 Å². The number of anilines is 1. The van der Waals surface area contributed by atoms with Gasteiger partial charge in [-0.25, -0.2) is 0 Å². The molecule has 4 N–H and O–H groups in total. The van der Waals surface area contributed by atoms with Gasteiger partial charge in [0.15, 0.2) is 5.84 Å². The van der Waals surface area contributed by atoms with Crippen LogP contribution in [0.4, 0.5) is 5.69 Å². The molecule has 1 aliphatic heterocycles. The number of aryl methyl sites for hydroxylation is 1. The summed E-state index contributed by atoms with van der Waals surface area (Å²) in [4.78, 5) is 12.1. The second-order valence-corrected chi connectivity index (χ2v) is 4.53. The van der Waals surface area contributed by atoms with E-state index in [1.54, 1.807) is 6.07 Å². The first kappa shape index (κ1) is 13.4. The highest BCUT2D eigenvalue weighted by Gasteiger charge is 2.24. The number of hydrogen-bond acceptors (Lipinski definition) is 4. The van der Waals surface area contributed by atoms with Crippen LogP contribution in [0.2, 0.25) is 0 Å². The Morgan fingerprint density at radius 2 is 2.37 bits per heavy atom. The van der Waals surface area contributed by atoms with Crippen LogP contribution in [-0.2, 0) is 9.53 Å². The van der Waals surface area contributed by atoms with Gasteiger partial charge in [-0.15, -0.1) is 0 Å². The van der Waals surface area contributed by atoms with Gasteiger partial charge in [0, 0.05) is 12.2 Å². The van der Waals surface area contributed by atoms with Crippen molar-refractivity contribution in [3.05, 3.63) is 29.3 Å². The van der Waals surface area contributed by atoms with Crippen LogP contribution in [0.15, 0.2) is 23.4 Å². The Morgan fingerprint density at radius 3 is 3.00 bits per heavy atom. The van der Waals surface area contributed by atoms with Gasteiger partial charge in [0.05, 0.1) is 18.2 Å². The highest BCUT2D eigenvalue weighted by molar-refractivity contribution is 6.06. The van der Waals surface area contributed by atoms with Crippen LogP contribution >= 0.6 is 0 Å². The molecule has 0 aromatic heterocycles. The Kier molecular flexibility index (Phi) is 4.01. The molecule has 2 rings (SSSR count). The van der Waals surface area contributed by atoms with Gasteiger partial charge in [-0.05, 0) is 25.0 Å². The number of nitrogens with one attached hydrogen (secondary N) is 1. The summed E-state index contributed by atoms with van der Waals surface area (Å²) in [6, 6.07) is 5.38. The number of carbonyl (C=O) groups is 1. The Hall–Kier alpha value is -2.08. The van der Waals surface area contributed by atoms with Crippen LogP contribution in [0.5, 0.6) is 0 Å². The molecule has 1 aromatic rings. The fourth-order valence-corrected chi connectivity index (χ4v) is 2.14. The molecule has 19 heavy (non-hydrogen) atoms. The van der Waals surface area contributed by atoms with Crippen molar-refractivity contribution >= 4 is 17.4 Å². The van der Waals surface area contributed by atoms with Crippen LogP contribution in [0.3, 0.4) is 0 Å². The molecule has 1 heterocycles. The minimum Gasteiger partial charge on any atom is -0.409 e. The van der Waals surface area contributed by atoms with E-state index >= 15 is 0 Å². The maximum atomic E-state index is 12.1. The average Bonchev–Trinajstić information content (AvgIpc) is 2.92. The van der Waals surface area contributed by atoms with E-state index in [9.17, 15) is 4.79 Å². The van der Waals surface area contributed by atoms with E-state index in [2.05, 4.69) is 10.5 Å². The van der Waals surface area contributed by atoms with Crippen molar-refractivity contribution in [3.63, 3.8) is 0 Å². The molecule has 102 valence electrons. The molecule has 1 unspecified atom stereocenters. The fraction of sp³-hybridized carbons (Fsp3) is 0.385. The topological polar surface area (TPSA) is 96.9 Å². The Labute approximate surface area is 111 Å². The molecule has 0 radical (unpaired) electrons. The van der Waals surface area contributed by atoms with E-state index in [4.69, 9.17) is 15.7 Å². The number of nitrogens with zero attached hydrogens (tertiary/aromatic N) is 1. The van der Waals surface area contributed by atoms with E-state index in [-0.39, 0.29) is 17.7 Å². The normalized spacial score (nSPS) is 19.4. The Bertz CT molecular complexity index is 508. The molecule has 1 fully saturated rings. The zero-order valence-electron chi connectivity index (χ0n) is 10.7. The van der Waals surface area contributed by atoms with Gasteiger partial charge >= 0.3 is 0 Å². The molecule has 0 spiro atoms. The molecular formula is C13H17N3O3. The summed E-state index contributed by atoms with van der Waals surface area (Å²) in [6.07, 6.45) is 0.719. The van der Waals surface area contributed by atoms with Gasteiger partial charge in [-0.2, -0.15) is 0 Å². The van der Waals surface area contributed by atoms with Gasteiger partial charge in [-0.1, -0.05) is 17.3 Å². The van der Waals surface area contributed by atoms with Gasteiger partial charge in [-0.3, -0.25) is 4.79 Å². The molecule has 0 saturated carbocycles. The number of amides is 1. The van der Waals surface area contributed by atoms with Crippen LogP contribution < -0.4 is 11.1 Å². The number of hydrogen-bond donors (Lipinski definition) is 3. The minimum atomic E-state index is -0.138. The van der Waals surface area contributed by atoms with Crippen molar-refractivity contribution < 1.29 is 14.7 Å². The van der Waals surface area contributed by atoms with E-state index in [0.29, 0.717) is 24.5 Å². The second kappa shape index (κ2) is 5.71. The zero-order valence-corrected chi connectivity index (χ0v) is 10.7. The van der Waals surface area contributed by atoms with Crippen molar-refractivity contribution in [2.45, 2.75) is 13.3 Å². The van der Waals surface area contributed by atoms with Crippen LogP contribution in [-0.4, -0.2) is 30.2 Å². The number of ether oxygens (including phenoxy) is 1. The van der Waals surface area contributed by atoms with E-state index in [1.807, 2.05) is 19.1 Å². The summed E-state index contributed by atoms with van der Waals surface area (Å²) in [5.41, 5.74) is 7.57. The van der Waals surface area contributed by atoms with E-state index < -0.39 is 0 Å². The quantitative estimate of drug-likeness (QED) is 0.329. The van der Waals surface area contributed by atoms with E-state index in [0.717, 1.165) is 12.0 Å². The minimum absolute atomic E-state index is 0.0175. The molecule has 1 saturated heterocycles. The standard InChI is InChI=1S/C13H17N3O3/c1-8-3-2-4-10(11(8)12(14)16-18)15-13(17)9-5-6-19-7-9/h2-4,9,18H,5-7H2,1H3,(H2,14,16)(H,15,17). The molecular weight excluding hydrogens is 246 g/mol. The first-order chi connectivity index (χ1) is 9.13. The monoisotopic (exact) mass is 263 g/mol. The number of rotatable bonds is 3. The highest BCUT2D eigenvalue weighted by atomic mass is 16.5. The lowest BCUT2D eigenvalue weighted by Gasteiger charge is -2.14. The summed E-state index contributed by atoms with van der Waals surface area (Å²) in [6.45, 7) is 2.89. The van der Waals surface area contributed by atoms with Gasteiger partial charge in [0.1, 0.15) is 0 Å². The zero-order chi connectivity index (χ0) is 13.8. The molecule has 1 aromatic carbocycles. The van der Waals surface area contributed by atoms with Crippen molar-refractivity contribution in [1.29, 1.82) is 0 Å². The summed E-state index contributed by atoms with van der Waals surface area (Å²) < 4.78 is 5.19. The maximum absolute atomic E-state index is 12.1. The first-order valence-corrected chi connectivity index (χ1v) is 6.09. The summed E-state index contributed by atoms with van der Waals surface area (Å²) in [5, 5.41) is 14.6. The van der Waals surface area contributed by atoms with Gasteiger partial charge < -0.3 is 21.0 Å². The molecule has 0 bridgehead atoms. The SMILES string of the molecule is Cc1cccc(NC(=O)C2CCOC2)c1/C(N)=N/O. The number of benzene rings is 1. The number of carbonyl (C=O) groups excluding carboxylic acids is 1. The van der Waals surface area contributed by atoms with Crippen molar-refractivity contribution in [2.75, 3.05) is 18.5 Å². The molecule has 0 aliphatic carbocycles. The van der Waals surface area contributed by atoms with Crippen LogP contribution in [0, 0.1) is 12.8 Å². The van der Waals surface area contributed by atoms with Gasteiger partial charge in [0.25, 0.3) is 0 Å². The lowest BCUT2D eigenvalue weighted by atomic mass is 10.0. The summed E-state index contributed by atoms with van der Waals surface area (Å²) in [7, 11) is 0. The third-order valence-corrected chi connectivity index (χ3v) is 3.20. The number of oxime groups is 1. The predicted molar refractivity (Wildman–Crippen MR) is 71.2 cm³/mol. The fourth-order valence-electron chi connectivity index (χ4n) is 2.14. The number of nitrogens with two attached hydrogens (primary N) is 1. The number of amidine groups is 1. The van der Waals surface area contributed by atoms with Crippen molar-refractivity contribution in [2.24, 2.45) is 16.8 Å². The van der Waals surface area contributed by atoms with E-state index in [1.165, 1.54) is 0 Å². The Morgan fingerprint density at radius 1 is 1.58 bits per heavy atom. The lowest BCUT2D eigenvalue weighted by molar-refractivity contribution is -0.119. The largest absolute Gasteiger partial charge is 0.409 e. The van der Waals surface area contributed by atoms with Crippen molar-refractivity contribution in [1.82, 2.24) is 0 Å². The molecule has 1 atom stereocenters. The molecule has 1 aliphatic rings. The predicted octanol–water partition coefficient (Wildman–Crippen LogP) is 1.06. The smallest absolute Gasteiger partial charge is 0.229 e. The van der Waals surface area contributed by atoms with Gasteiger partial charge in [0.2, 0.25) is 5.91 Å². The molecule has 6 heteroatoms. The second-order valence-electron chi connectivity index (χ2n) is 4.53. The average molecular weight is 263 g/mol. The lowest BCUT2D eigenvalue weighted by Crippen LogP contribution is -2.25. The van der Waals surface area contributed by atoms with Crippen LogP contribution in [0.25, 0.3) is 0 Å². The molecule has 1 amide bonds. The summed E-state index contributed by atoms with van der Waals surface area (Å²) >= 11 is 0.